The van der Waals surface area contributed by atoms with E-state index in [1.165, 1.54) is 18.2 Å². The third-order valence-electron chi connectivity index (χ3n) is 2.51. The molecule has 1 rings (SSSR count). The van der Waals surface area contributed by atoms with Gasteiger partial charge in [0.15, 0.2) is 17.5 Å². The Labute approximate surface area is 130 Å². The third-order valence-corrected chi connectivity index (χ3v) is 2.51. The number of para-hydroxylation sites is 1. The van der Waals surface area contributed by atoms with Crippen LogP contribution in [0.1, 0.15) is 24.2 Å². The summed E-state index contributed by atoms with van der Waals surface area (Å²) in [5.41, 5.74) is -0.223. The average molecular weight is 325 g/mol. The number of hydrogen-bond acceptors (Lipinski definition) is 7. The van der Waals surface area contributed by atoms with E-state index in [9.17, 15) is 19.2 Å². The molecule has 0 aliphatic heterocycles. The van der Waals surface area contributed by atoms with Crippen LogP contribution in [-0.4, -0.2) is 46.7 Å². The van der Waals surface area contributed by atoms with Crippen molar-refractivity contribution in [2.45, 2.75) is 19.9 Å². The fraction of sp³-hybridized carbons (Fsp3) is 0.286. The molecule has 1 unspecified atom stereocenters. The Morgan fingerprint density at radius 3 is 2.22 bits per heavy atom. The molecule has 0 spiro atoms. The van der Waals surface area contributed by atoms with Gasteiger partial charge in [-0.25, -0.2) is 4.79 Å². The maximum absolute atomic E-state index is 12.1. The van der Waals surface area contributed by atoms with Crippen LogP contribution in [0, 0.1) is 0 Å². The van der Waals surface area contributed by atoms with E-state index in [2.05, 4.69) is 5.32 Å². The number of carboxylic acids is 1. The van der Waals surface area contributed by atoms with Crippen LogP contribution in [0.3, 0.4) is 0 Å². The van der Waals surface area contributed by atoms with E-state index >= 15 is 0 Å². The number of aliphatic carboxylic acids is 1. The van der Waals surface area contributed by atoms with Crippen molar-refractivity contribution < 1.29 is 38.9 Å². The topological polar surface area (TPSA) is 139 Å². The summed E-state index contributed by atoms with van der Waals surface area (Å²) >= 11 is 0. The van der Waals surface area contributed by atoms with Crippen LogP contribution in [0.5, 0.6) is 11.5 Å². The molecule has 0 aromatic heterocycles. The first-order valence-electron chi connectivity index (χ1n) is 6.40. The Kier molecular flexibility index (Phi) is 6.22. The maximum atomic E-state index is 12.1. The van der Waals surface area contributed by atoms with Crippen molar-refractivity contribution in [3.05, 3.63) is 23.8 Å². The molecule has 9 heteroatoms. The van der Waals surface area contributed by atoms with Crippen LogP contribution >= 0.6 is 0 Å². The van der Waals surface area contributed by atoms with Crippen molar-refractivity contribution in [3.63, 3.8) is 0 Å². The minimum Gasteiger partial charge on any atom is -0.480 e. The highest BCUT2D eigenvalue weighted by molar-refractivity contribution is 6.00. The highest BCUT2D eigenvalue weighted by atomic mass is 16.6. The van der Waals surface area contributed by atoms with Gasteiger partial charge in [0, 0.05) is 13.8 Å². The van der Waals surface area contributed by atoms with Crippen LogP contribution in [0.25, 0.3) is 0 Å². The zero-order valence-electron chi connectivity index (χ0n) is 12.4. The van der Waals surface area contributed by atoms with Gasteiger partial charge in [0.25, 0.3) is 5.91 Å². The van der Waals surface area contributed by atoms with Gasteiger partial charge < -0.3 is 25.0 Å². The number of benzene rings is 1. The predicted molar refractivity (Wildman–Crippen MR) is 75.0 cm³/mol. The number of amides is 1. The normalized spacial score (nSPS) is 11.3. The van der Waals surface area contributed by atoms with Crippen molar-refractivity contribution in [1.29, 1.82) is 0 Å². The SMILES string of the molecule is CC(=O)Oc1cccc(C(=O)NC(CO)C(=O)O)c1OC(C)=O. The van der Waals surface area contributed by atoms with E-state index in [1.807, 2.05) is 0 Å². The molecule has 124 valence electrons. The molecular formula is C14H15NO8. The summed E-state index contributed by atoms with van der Waals surface area (Å²) in [4.78, 5) is 45.2. The number of aliphatic hydroxyl groups is 1. The first-order valence-corrected chi connectivity index (χ1v) is 6.40. The van der Waals surface area contributed by atoms with Crippen LogP contribution in [0.15, 0.2) is 18.2 Å². The number of carbonyl (C=O) groups is 4. The summed E-state index contributed by atoms with van der Waals surface area (Å²) in [5.74, 6) is -4.32. The molecular weight excluding hydrogens is 310 g/mol. The standard InChI is InChI=1S/C14H15NO8/c1-7(17)22-11-5-3-4-9(12(11)23-8(2)18)13(19)15-10(6-16)14(20)21/h3-5,10,16H,6H2,1-2H3,(H,15,19)(H,20,21). The van der Waals surface area contributed by atoms with Crippen molar-refractivity contribution in [1.82, 2.24) is 5.32 Å². The quantitative estimate of drug-likeness (QED) is 0.479. The smallest absolute Gasteiger partial charge is 0.328 e. The first kappa shape index (κ1) is 18.1. The van der Waals surface area contributed by atoms with Crippen LogP contribution < -0.4 is 14.8 Å². The molecule has 1 amide bonds. The van der Waals surface area contributed by atoms with Crippen molar-refractivity contribution in [2.24, 2.45) is 0 Å². The van der Waals surface area contributed by atoms with Crippen molar-refractivity contribution in [3.8, 4) is 11.5 Å². The molecule has 3 N–H and O–H groups in total. The molecule has 0 saturated heterocycles. The average Bonchev–Trinajstić information content (AvgIpc) is 2.44. The highest BCUT2D eigenvalue weighted by Crippen LogP contribution is 2.31. The lowest BCUT2D eigenvalue weighted by molar-refractivity contribution is -0.140. The van der Waals surface area contributed by atoms with E-state index in [4.69, 9.17) is 19.7 Å². The third kappa shape index (κ3) is 5.08. The molecule has 1 aromatic rings. The minimum absolute atomic E-state index is 0.170. The summed E-state index contributed by atoms with van der Waals surface area (Å²) in [6, 6.07) is 2.37. The van der Waals surface area contributed by atoms with Gasteiger partial charge in [0.1, 0.15) is 0 Å². The lowest BCUT2D eigenvalue weighted by Gasteiger charge is -2.15. The zero-order chi connectivity index (χ0) is 17.6. The van der Waals surface area contributed by atoms with Gasteiger partial charge in [0.05, 0.1) is 12.2 Å². The minimum atomic E-state index is -1.54. The van der Waals surface area contributed by atoms with Crippen LogP contribution in [-0.2, 0) is 14.4 Å². The highest BCUT2D eigenvalue weighted by Gasteiger charge is 2.24. The van der Waals surface area contributed by atoms with Gasteiger partial charge in [-0.05, 0) is 12.1 Å². The molecule has 0 aliphatic rings. The van der Waals surface area contributed by atoms with Gasteiger partial charge in [0.2, 0.25) is 0 Å². The largest absolute Gasteiger partial charge is 0.480 e. The van der Waals surface area contributed by atoms with E-state index in [0.29, 0.717) is 0 Å². The summed E-state index contributed by atoms with van der Waals surface area (Å²) < 4.78 is 9.74. The van der Waals surface area contributed by atoms with Gasteiger partial charge in [-0.2, -0.15) is 0 Å². The van der Waals surface area contributed by atoms with E-state index in [1.54, 1.807) is 0 Å². The Morgan fingerprint density at radius 2 is 1.74 bits per heavy atom. The van der Waals surface area contributed by atoms with Crippen LogP contribution in [0.4, 0.5) is 0 Å². The number of carbonyl (C=O) groups excluding carboxylic acids is 3. The fourth-order valence-electron chi connectivity index (χ4n) is 1.60. The molecule has 0 radical (unpaired) electrons. The van der Waals surface area contributed by atoms with E-state index < -0.39 is 36.5 Å². The number of esters is 2. The van der Waals surface area contributed by atoms with Crippen molar-refractivity contribution in [2.75, 3.05) is 6.61 Å². The summed E-state index contributed by atoms with van der Waals surface area (Å²) in [6.45, 7) is 1.38. The Balaban J connectivity index is 3.22. The second-order valence-electron chi connectivity index (χ2n) is 4.37. The number of carboxylic acid groups (broad SMARTS) is 1. The van der Waals surface area contributed by atoms with Gasteiger partial charge in [-0.3, -0.25) is 14.4 Å². The number of nitrogens with one attached hydrogen (secondary N) is 1. The maximum Gasteiger partial charge on any atom is 0.328 e. The zero-order valence-corrected chi connectivity index (χ0v) is 12.4. The number of aliphatic hydroxyl groups excluding tert-OH is 1. The molecule has 0 aliphatic carbocycles. The Morgan fingerprint density at radius 1 is 1.13 bits per heavy atom. The number of rotatable bonds is 6. The monoisotopic (exact) mass is 325 g/mol. The lowest BCUT2D eigenvalue weighted by atomic mass is 10.1. The molecule has 23 heavy (non-hydrogen) atoms. The molecule has 0 heterocycles. The Hall–Kier alpha value is -2.94. The second-order valence-corrected chi connectivity index (χ2v) is 4.37. The Bertz CT molecular complexity index is 640. The van der Waals surface area contributed by atoms with E-state index in [-0.39, 0.29) is 17.1 Å². The number of hydrogen-bond donors (Lipinski definition) is 3. The molecule has 1 atom stereocenters. The summed E-state index contributed by atoms with van der Waals surface area (Å²) in [6.07, 6.45) is 0. The van der Waals surface area contributed by atoms with Gasteiger partial charge in [-0.15, -0.1) is 0 Å². The number of ether oxygens (including phenoxy) is 2. The molecule has 9 nitrogen and oxygen atoms in total. The molecule has 1 aromatic carbocycles. The van der Waals surface area contributed by atoms with Gasteiger partial charge >= 0.3 is 17.9 Å². The van der Waals surface area contributed by atoms with Crippen molar-refractivity contribution >= 4 is 23.8 Å². The predicted octanol–water partition coefficient (Wildman–Crippen LogP) is -0.288. The molecule has 0 saturated carbocycles. The summed E-state index contributed by atoms with van der Waals surface area (Å²) in [7, 11) is 0. The molecule has 0 fully saturated rings. The second kappa shape index (κ2) is 7.90. The molecule has 0 bridgehead atoms. The van der Waals surface area contributed by atoms with Gasteiger partial charge in [-0.1, -0.05) is 6.07 Å². The summed E-state index contributed by atoms with van der Waals surface area (Å²) in [5, 5.41) is 19.8. The lowest BCUT2D eigenvalue weighted by Crippen LogP contribution is -2.43. The first-order chi connectivity index (χ1) is 10.8. The van der Waals surface area contributed by atoms with E-state index in [0.717, 1.165) is 13.8 Å². The fourth-order valence-corrected chi connectivity index (χ4v) is 1.60. The van der Waals surface area contributed by atoms with Crippen LogP contribution in [0.2, 0.25) is 0 Å².